The molecule has 0 aliphatic carbocycles. The summed E-state index contributed by atoms with van der Waals surface area (Å²) in [5.41, 5.74) is 2.05. The first-order valence-electron chi connectivity index (χ1n) is 8.41. The number of hydrogen-bond acceptors (Lipinski definition) is 2. The van der Waals surface area contributed by atoms with Gasteiger partial charge in [0.2, 0.25) is 0 Å². The number of piperazine rings is 1. The fraction of sp³-hybridized carbons (Fsp3) is 0.316. The normalized spacial score (nSPS) is 15.2. The zero-order valence-corrected chi connectivity index (χ0v) is 14.4. The highest BCUT2D eigenvalue weighted by Gasteiger charge is 2.23. The Morgan fingerprint density at radius 3 is 2.46 bits per heavy atom. The van der Waals surface area contributed by atoms with Crippen molar-refractivity contribution < 1.29 is 18.0 Å². The monoisotopic (exact) mass is 363 g/mol. The third-order valence-electron chi connectivity index (χ3n) is 4.42. The third kappa shape index (κ3) is 4.16. The first-order chi connectivity index (χ1) is 12.4. The molecule has 138 valence electrons. The second-order valence-electron chi connectivity index (χ2n) is 6.41. The van der Waals surface area contributed by atoms with Crippen molar-refractivity contribution in [2.45, 2.75) is 13.5 Å². The van der Waals surface area contributed by atoms with Gasteiger partial charge in [-0.25, -0.2) is 18.0 Å². The van der Waals surface area contributed by atoms with Crippen molar-refractivity contribution in [3.05, 3.63) is 65.0 Å². The average Bonchev–Trinajstić information content (AvgIpc) is 2.63. The molecule has 0 atom stereocenters. The molecule has 0 unspecified atom stereocenters. The lowest BCUT2D eigenvalue weighted by Gasteiger charge is -2.34. The van der Waals surface area contributed by atoms with Crippen LogP contribution in [0.4, 0.5) is 23.7 Å². The van der Waals surface area contributed by atoms with Gasteiger partial charge in [0.1, 0.15) is 0 Å². The minimum absolute atomic E-state index is 0.365. The maximum absolute atomic E-state index is 13.7. The number of carbonyl (C=O) groups is 1. The van der Waals surface area contributed by atoms with Crippen molar-refractivity contribution in [3.8, 4) is 0 Å². The fourth-order valence-electron chi connectivity index (χ4n) is 2.99. The standard InChI is InChI=1S/C19H20F3N3O/c1-13-3-2-4-14(11-13)12-24-7-9-25(10-8-24)19(26)23-16-6-5-15(20)17(21)18(16)22/h2-6,11H,7-10,12H2,1H3,(H,23,26). The van der Waals surface area contributed by atoms with Gasteiger partial charge < -0.3 is 10.2 Å². The van der Waals surface area contributed by atoms with Crippen LogP contribution in [0.1, 0.15) is 11.1 Å². The number of carbonyl (C=O) groups excluding carboxylic acids is 1. The van der Waals surface area contributed by atoms with Crippen LogP contribution in [-0.2, 0) is 6.54 Å². The number of benzene rings is 2. The highest BCUT2D eigenvalue weighted by Crippen LogP contribution is 2.20. The molecule has 3 rings (SSSR count). The van der Waals surface area contributed by atoms with Gasteiger partial charge in [-0.3, -0.25) is 4.90 Å². The van der Waals surface area contributed by atoms with E-state index in [1.54, 1.807) is 0 Å². The molecule has 7 heteroatoms. The van der Waals surface area contributed by atoms with Crippen LogP contribution in [-0.4, -0.2) is 42.0 Å². The average molecular weight is 363 g/mol. The maximum atomic E-state index is 13.7. The molecule has 0 radical (unpaired) electrons. The Labute approximate surface area is 150 Å². The Kier molecular flexibility index (Phi) is 5.46. The van der Waals surface area contributed by atoms with Crippen molar-refractivity contribution >= 4 is 11.7 Å². The highest BCUT2D eigenvalue weighted by molar-refractivity contribution is 5.89. The van der Waals surface area contributed by atoms with Crippen molar-refractivity contribution in [2.75, 3.05) is 31.5 Å². The van der Waals surface area contributed by atoms with Gasteiger partial charge in [-0.15, -0.1) is 0 Å². The summed E-state index contributed by atoms with van der Waals surface area (Å²) in [5.74, 6) is -4.27. The molecule has 2 aromatic carbocycles. The van der Waals surface area contributed by atoms with Crippen LogP contribution in [0, 0.1) is 24.4 Å². The third-order valence-corrected chi connectivity index (χ3v) is 4.42. The van der Waals surface area contributed by atoms with Gasteiger partial charge >= 0.3 is 6.03 Å². The fourth-order valence-corrected chi connectivity index (χ4v) is 2.99. The van der Waals surface area contributed by atoms with Crippen molar-refractivity contribution in [1.29, 1.82) is 0 Å². The van der Waals surface area contributed by atoms with E-state index in [1.807, 2.05) is 19.1 Å². The first kappa shape index (κ1) is 18.3. The molecule has 1 heterocycles. The van der Waals surface area contributed by atoms with E-state index in [-0.39, 0.29) is 5.69 Å². The van der Waals surface area contributed by atoms with Gasteiger partial charge in [0.15, 0.2) is 17.5 Å². The Balaban J connectivity index is 1.54. The van der Waals surface area contributed by atoms with Crippen LogP contribution in [0.5, 0.6) is 0 Å². The largest absolute Gasteiger partial charge is 0.322 e. The zero-order chi connectivity index (χ0) is 18.7. The van der Waals surface area contributed by atoms with Crippen LogP contribution in [0.3, 0.4) is 0 Å². The lowest BCUT2D eigenvalue weighted by atomic mass is 10.1. The Hall–Kier alpha value is -2.54. The lowest BCUT2D eigenvalue weighted by molar-refractivity contribution is 0.143. The van der Waals surface area contributed by atoms with E-state index in [2.05, 4.69) is 22.3 Å². The van der Waals surface area contributed by atoms with Crippen LogP contribution in [0.25, 0.3) is 0 Å². The molecule has 26 heavy (non-hydrogen) atoms. The van der Waals surface area contributed by atoms with E-state index < -0.39 is 23.5 Å². The van der Waals surface area contributed by atoms with Gasteiger partial charge in [-0.05, 0) is 24.6 Å². The van der Waals surface area contributed by atoms with Gasteiger partial charge in [-0.1, -0.05) is 29.8 Å². The van der Waals surface area contributed by atoms with Crippen molar-refractivity contribution in [1.82, 2.24) is 9.80 Å². The number of amides is 2. The van der Waals surface area contributed by atoms with E-state index in [4.69, 9.17) is 0 Å². The molecule has 1 fully saturated rings. The number of nitrogens with zero attached hydrogens (tertiary/aromatic N) is 2. The Morgan fingerprint density at radius 2 is 1.77 bits per heavy atom. The second-order valence-corrected chi connectivity index (χ2v) is 6.41. The molecular formula is C19H20F3N3O. The number of anilines is 1. The Morgan fingerprint density at radius 1 is 1.04 bits per heavy atom. The molecule has 1 saturated heterocycles. The number of rotatable bonds is 3. The highest BCUT2D eigenvalue weighted by atomic mass is 19.2. The van der Waals surface area contributed by atoms with E-state index in [0.717, 1.165) is 18.7 Å². The number of urea groups is 1. The van der Waals surface area contributed by atoms with Crippen molar-refractivity contribution in [3.63, 3.8) is 0 Å². The van der Waals surface area contributed by atoms with Crippen molar-refractivity contribution in [2.24, 2.45) is 0 Å². The number of halogens is 3. The lowest BCUT2D eigenvalue weighted by Crippen LogP contribution is -2.49. The summed E-state index contributed by atoms with van der Waals surface area (Å²) in [6.45, 7) is 5.16. The molecule has 0 spiro atoms. The van der Waals surface area contributed by atoms with Gasteiger partial charge in [-0.2, -0.15) is 0 Å². The summed E-state index contributed by atoms with van der Waals surface area (Å²) in [7, 11) is 0. The van der Waals surface area contributed by atoms with Gasteiger partial charge in [0.05, 0.1) is 5.69 Å². The van der Waals surface area contributed by atoms with E-state index >= 15 is 0 Å². The number of hydrogen-bond donors (Lipinski definition) is 1. The molecule has 2 amide bonds. The molecule has 2 aromatic rings. The molecule has 1 N–H and O–H groups in total. The maximum Gasteiger partial charge on any atom is 0.322 e. The minimum atomic E-state index is -1.59. The summed E-state index contributed by atoms with van der Waals surface area (Å²) >= 11 is 0. The van der Waals surface area contributed by atoms with E-state index in [9.17, 15) is 18.0 Å². The smallest absolute Gasteiger partial charge is 0.322 e. The molecule has 1 aliphatic heterocycles. The van der Waals surface area contributed by atoms with Crippen LogP contribution in [0.2, 0.25) is 0 Å². The summed E-state index contributed by atoms with van der Waals surface area (Å²) in [4.78, 5) is 16.0. The second kappa shape index (κ2) is 7.78. The van der Waals surface area contributed by atoms with Crippen LogP contribution >= 0.6 is 0 Å². The number of aryl methyl sites for hydroxylation is 1. The van der Waals surface area contributed by atoms with Crippen LogP contribution in [0.15, 0.2) is 36.4 Å². The first-order valence-corrected chi connectivity index (χ1v) is 8.41. The minimum Gasteiger partial charge on any atom is -0.322 e. The summed E-state index contributed by atoms with van der Waals surface area (Å²) < 4.78 is 39.9. The molecular weight excluding hydrogens is 343 g/mol. The van der Waals surface area contributed by atoms with Crippen LogP contribution < -0.4 is 5.32 Å². The predicted octanol–water partition coefficient (Wildman–Crippen LogP) is 3.76. The predicted molar refractivity (Wildman–Crippen MR) is 93.4 cm³/mol. The van der Waals surface area contributed by atoms with Gasteiger partial charge in [0, 0.05) is 32.7 Å². The summed E-state index contributed by atoms with van der Waals surface area (Å²) in [6, 6.07) is 9.54. The quantitative estimate of drug-likeness (QED) is 0.843. The SMILES string of the molecule is Cc1cccc(CN2CCN(C(=O)Nc3ccc(F)c(F)c3F)CC2)c1. The molecule has 0 saturated carbocycles. The van der Waals surface area contributed by atoms with Gasteiger partial charge in [0.25, 0.3) is 0 Å². The Bertz CT molecular complexity index is 805. The molecule has 0 aromatic heterocycles. The van der Waals surface area contributed by atoms with E-state index in [0.29, 0.717) is 26.2 Å². The summed E-state index contributed by atoms with van der Waals surface area (Å²) in [5, 5.41) is 2.31. The molecule has 1 aliphatic rings. The van der Waals surface area contributed by atoms with E-state index in [1.165, 1.54) is 16.0 Å². The zero-order valence-electron chi connectivity index (χ0n) is 14.4. The topological polar surface area (TPSA) is 35.6 Å². The molecule has 0 bridgehead atoms. The number of nitrogens with one attached hydrogen (secondary N) is 1. The summed E-state index contributed by atoms with van der Waals surface area (Å²) in [6.07, 6.45) is 0. The molecule has 4 nitrogen and oxygen atoms in total.